The van der Waals surface area contributed by atoms with Crippen LogP contribution in [0.2, 0.25) is 0 Å². The van der Waals surface area contributed by atoms with Gasteiger partial charge < -0.3 is 0 Å². The first kappa shape index (κ1) is 13.3. The van der Waals surface area contributed by atoms with Crippen molar-refractivity contribution in [1.29, 1.82) is 0 Å². The van der Waals surface area contributed by atoms with Gasteiger partial charge in [-0.2, -0.15) is 0 Å². The molecule has 2 aromatic rings. The molecule has 0 spiro atoms. The van der Waals surface area contributed by atoms with Gasteiger partial charge in [0.25, 0.3) is 0 Å². The van der Waals surface area contributed by atoms with Gasteiger partial charge in [-0.1, -0.05) is 0 Å². The minimum absolute atomic E-state index is 0.104. The molecule has 0 aliphatic rings. The monoisotopic (exact) mass is 316 g/mol. The second-order valence-corrected chi connectivity index (χ2v) is 4.79. The number of amides is 1. The topological polar surface area (TPSA) is 72.2 Å². The van der Waals surface area contributed by atoms with Gasteiger partial charge in [0.2, 0.25) is 0 Å². The van der Waals surface area contributed by atoms with Crippen LogP contribution in [-0.2, 0) is 0 Å². The first-order valence-electron chi connectivity index (χ1n) is 5.42. The van der Waals surface area contributed by atoms with E-state index in [1.807, 2.05) is 6.07 Å². The molecule has 0 atom stereocenters. The first-order valence-corrected chi connectivity index (χ1v) is 6.35. The van der Waals surface area contributed by atoms with E-state index in [1.54, 1.807) is 24.3 Å². The Kier molecular flexibility index (Phi) is 3.97. The molecule has 2 rings (SSSR count). The summed E-state index contributed by atoms with van der Waals surface area (Å²) in [5, 5.41) is 13.4. The summed E-state index contributed by atoms with van der Waals surface area (Å²) in [7, 11) is 0. The Labute approximate surface area is 118 Å². The fourth-order valence-electron chi connectivity index (χ4n) is 1.54. The second kappa shape index (κ2) is 5.67. The molecule has 0 saturated carbocycles. The van der Waals surface area contributed by atoms with E-state index in [0.29, 0.717) is 10.0 Å². The zero-order valence-corrected chi connectivity index (χ0v) is 11.6. The minimum atomic E-state index is -0.522. The van der Waals surface area contributed by atoms with Gasteiger partial charge in [0.05, 0.1) is 0 Å². The van der Waals surface area contributed by atoms with Crippen LogP contribution in [0.3, 0.4) is 0 Å². The quantitative estimate of drug-likeness (QED) is 0.531. The molecule has 0 saturated heterocycles. The third-order valence-corrected chi connectivity index (χ3v) is 3.29. The zero-order valence-electron chi connectivity index (χ0n) is 9.74. The van der Waals surface area contributed by atoms with Crippen molar-refractivity contribution in [2.75, 3.05) is 5.32 Å². The van der Waals surface area contributed by atoms with E-state index in [0.717, 1.165) is 0 Å². The van der Waals surface area contributed by atoms with Crippen LogP contribution in [0.4, 0.5) is 11.4 Å². The SMILES string of the molecule is O=C(Nc1ccccc1)c1cc([N+](=O)[O-])ccc1[As]. The zero-order chi connectivity index (χ0) is 13.8. The molecule has 0 aliphatic carbocycles. The van der Waals surface area contributed by atoms with Crippen LogP contribution in [0.5, 0.6) is 0 Å². The average molecular weight is 316 g/mol. The number of carbonyl (C=O) groups excluding carboxylic acids is 1. The number of non-ortho nitro benzene ring substituents is 1. The molecule has 0 heterocycles. The third-order valence-electron chi connectivity index (χ3n) is 2.47. The van der Waals surface area contributed by atoms with Crippen LogP contribution in [0.1, 0.15) is 10.4 Å². The molecule has 19 heavy (non-hydrogen) atoms. The van der Waals surface area contributed by atoms with Crippen molar-refractivity contribution in [3.63, 3.8) is 0 Å². The number of rotatable bonds is 3. The fraction of sp³-hybridized carbons (Fsp3) is 0. The van der Waals surface area contributed by atoms with E-state index in [-0.39, 0.29) is 17.2 Å². The number of nitrogens with zero attached hydrogens (tertiary/aromatic N) is 1. The number of benzene rings is 2. The van der Waals surface area contributed by atoms with Crippen molar-refractivity contribution in [3.8, 4) is 0 Å². The standard InChI is InChI=1S/C13H9AsN2O3/c14-12-7-6-10(16(18)19)8-11(12)13(17)15-9-4-2-1-3-5-9/h1-8H,(H,15,17). The van der Waals surface area contributed by atoms with Crippen LogP contribution in [0.15, 0.2) is 48.5 Å². The summed E-state index contributed by atoms with van der Waals surface area (Å²) in [5.74, 6) is -0.370. The summed E-state index contributed by atoms with van der Waals surface area (Å²) in [5.41, 5.74) is 0.817. The Morgan fingerprint density at radius 2 is 1.84 bits per heavy atom. The van der Waals surface area contributed by atoms with E-state index in [4.69, 9.17) is 0 Å². The molecule has 0 unspecified atom stereocenters. The predicted octanol–water partition coefficient (Wildman–Crippen LogP) is 1.64. The molecular formula is C13H9AsN2O3. The van der Waals surface area contributed by atoms with E-state index in [1.165, 1.54) is 18.2 Å². The van der Waals surface area contributed by atoms with Gasteiger partial charge in [0.1, 0.15) is 0 Å². The number of carbonyl (C=O) groups is 1. The van der Waals surface area contributed by atoms with E-state index in [2.05, 4.69) is 22.2 Å². The van der Waals surface area contributed by atoms with Gasteiger partial charge in [-0.15, -0.1) is 0 Å². The predicted molar refractivity (Wildman–Crippen MR) is 72.9 cm³/mol. The Bertz CT molecular complexity index is 629. The number of para-hydroxylation sites is 1. The van der Waals surface area contributed by atoms with Crippen LogP contribution in [-0.4, -0.2) is 27.7 Å². The normalized spacial score (nSPS) is 9.95. The van der Waals surface area contributed by atoms with Gasteiger partial charge in [-0.05, 0) is 0 Å². The fourth-order valence-corrected chi connectivity index (χ4v) is 2.04. The maximum absolute atomic E-state index is 12.1. The van der Waals surface area contributed by atoms with E-state index in [9.17, 15) is 14.9 Å². The molecule has 1 N–H and O–H groups in total. The van der Waals surface area contributed by atoms with Gasteiger partial charge in [0.15, 0.2) is 0 Å². The Balaban J connectivity index is 2.28. The number of nitrogens with one attached hydrogen (secondary N) is 1. The first-order chi connectivity index (χ1) is 9.08. The number of anilines is 1. The van der Waals surface area contributed by atoms with Crippen LogP contribution in [0.25, 0.3) is 0 Å². The molecule has 0 aliphatic heterocycles. The van der Waals surface area contributed by atoms with E-state index < -0.39 is 4.92 Å². The third kappa shape index (κ3) is 3.20. The van der Waals surface area contributed by atoms with Crippen molar-refractivity contribution < 1.29 is 9.72 Å². The molecular weight excluding hydrogens is 307 g/mol. The summed E-state index contributed by atoms with van der Waals surface area (Å²) in [6.45, 7) is 0. The van der Waals surface area contributed by atoms with Crippen molar-refractivity contribution in [2.45, 2.75) is 0 Å². The van der Waals surface area contributed by atoms with Gasteiger partial charge in [-0.3, -0.25) is 0 Å². The molecule has 0 fully saturated rings. The molecule has 6 heteroatoms. The molecule has 0 bridgehead atoms. The molecule has 0 aromatic heterocycles. The van der Waals surface area contributed by atoms with E-state index >= 15 is 0 Å². The number of hydrogen-bond acceptors (Lipinski definition) is 3. The molecule has 94 valence electrons. The summed E-state index contributed by atoms with van der Waals surface area (Å²) >= 11 is 2.23. The maximum atomic E-state index is 12.1. The Hall–Kier alpha value is -2.13. The van der Waals surface area contributed by atoms with Crippen molar-refractivity contribution in [2.24, 2.45) is 0 Å². The summed E-state index contributed by atoms with van der Waals surface area (Å²) in [6.07, 6.45) is 0. The molecule has 5 nitrogen and oxygen atoms in total. The molecule has 2 radical (unpaired) electrons. The van der Waals surface area contributed by atoms with Crippen molar-refractivity contribution >= 4 is 38.5 Å². The van der Waals surface area contributed by atoms with Gasteiger partial charge in [0, 0.05) is 0 Å². The number of nitro groups is 1. The summed E-state index contributed by atoms with van der Waals surface area (Å²) in [4.78, 5) is 22.3. The molecule has 1 amide bonds. The van der Waals surface area contributed by atoms with Gasteiger partial charge in [-0.25, -0.2) is 0 Å². The Morgan fingerprint density at radius 1 is 1.16 bits per heavy atom. The van der Waals surface area contributed by atoms with Crippen LogP contribution < -0.4 is 9.67 Å². The van der Waals surface area contributed by atoms with Crippen LogP contribution in [0, 0.1) is 10.1 Å². The summed E-state index contributed by atoms with van der Waals surface area (Å²) < 4.78 is 0.631. The summed E-state index contributed by atoms with van der Waals surface area (Å²) in [6, 6.07) is 13.1. The second-order valence-electron chi connectivity index (χ2n) is 3.78. The van der Waals surface area contributed by atoms with Crippen LogP contribution >= 0.6 is 0 Å². The average Bonchev–Trinajstić information content (AvgIpc) is 2.40. The van der Waals surface area contributed by atoms with Crippen molar-refractivity contribution in [1.82, 2.24) is 0 Å². The van der Waals surface area contributed by atoms with Crippen molar-refractivity contribution in [3.05, 3.63) is 64.2 Å². The number of hydrogen-bond donors (Lipinski definition) is 1. The van der Waals surface area contributed by atoms with Gasteiger partial charge >= 0.3 is 118 Å². The molecule has 2 aromatic carbocycles. The Morgan fingerprint density at radius 3 is 2.47 bits per heavy atom. The number of nitro benzene ring substituents is 1.